The third-order valence-electron chi connectivity index (χ3n) is 8.10. The zero-order chi connectivity index (χ0) is 24.3. The van der Waals surface area contributed by atoms with Crippen LogP contribution in [0, 0.1) is 0 Å². The number of aliphatic hydroxyl groups is 1. The summed E-state index contributed by atoms with van der Waals surface area (Å²) >= 11 is 0. The Bertz CT molecular complexity index is 1050. The number of unbranched alkanes of at least 4 members (excludes halogenated alkanes) is 4. The predicted molar refractivity (Wildman–Crippen MR) is 138 cm³/mol. The number of benzene rings is 2. The summed E-state index contributed by atoms with van der Waals surface area (Å²) in [6, 6.07) is 11.3. The van der Waals surface area contributed by atoms with Gasteiger partial charge in [-0.25, -0.2) is 4.79 Å². The van der Waals surface area contributed by atoms with Crippen molar-refractivity contribution in [2.75, 3.05) is 6.61 Å². The third kappa shape index (κ3) is 4.53. The van der Waals surface area contributed by atoms with E-state index < -0.39 is 5.97 Å². The molecule has 2 aliphatic carbocycles. The van der Waals surface area contributed by atoms with Gasteiger partial charge in [-0.15, -0.1) is 0 Å². The van der Waals surface area contributed by atoms with E-state index in [2.05, 4.69) is 39.0 Å². The van der Waals surface area contributed by atoms with E-state index in [1.807, 2.05) is 18.2 Å². The minimum atomic E-state index is -0.921. The molecular weight excluding hydrogens is 424 g/mol. The lowest BCUT2D eigenvalue weighted by molar-refractivity contribution is 0.00835. The molecule has 0 heterocycles. The van der Waals surface area contributed by atoms with Gasteiger partial charge in [-0.1, -0.05) is 77.2 Å². The maximum absolute atomic E-state index is 11.3. The van der Waals surface area contributed by atoms with E-state index in [1.165, 1.54) is 36.8 Å². The summed E-state index contributed by atoms with van der Waals surface area (Å²) in [5.74, 6) is -0.0487. The van der Waals surface area contributed by atoms with Crippen LogP contribution in [0.4, 0.5) is 0 Å². The van der Waals surface area contributed by atoms with Crippen molar-refractivity contribution >= 4 is 18.1 Å². The fourth-order valence-electron chi connectivity index (χ4n) is 5.97. The van der Waals surface area contributed by atoms with E-state index in [0.717, 1.165) is 42.6 Å². The van der Waals surface area contributed by atoms with Crippen molar-refractivity contribution in [3.63, 3.8) is 0 Å². The number of hydrogen-bond acceptors (Lipinski definition) is 3. The molecule has 0 spiro atoms. The average Bonchev–Trinajstić information content (AvgIpc) is 2.91. The first-order valence-corrected chi connectivity index (χ1v) is 12.8. The lowest BCUT2D eigenvalue weighted by atomic mass is 9.66. The van der Waals surface area contributed by atoms with Crippen LogP contribution in [-0.4, -0.2) is 28.9 Å². The van der Waals surface area contributed by atoms with Crippen molar-refractivity contribution in [1.82, 2.24) is 0 Å². The summed E-state index contributed by atoms with van der Waals surface area (Å²) in [4.78, 5) is 11.1. The second kappa shape index (κ2) is 9.95. The molecular formula is C30H38O4. The molecule has 182 valence electrons. The molecule has 0 aromatic heterocycles. The number of carboxylic acids is 1. The van der Waals surface area contributed by atoms with Crippen molar-refractivity contribution in [3.8, 4) is 5.75 Å². The molecule has 2 unspecified atom stereocenters. The van der Waals surface area contributed by atoms with E-state index in [9.17, 15) is 9.90 Å². The van der Waals surface area contributed by atoms with Crippen molar-refractivity contribution in [2.24, 2.45) is 0 Å². The molecule has 4 rings (SSSR count). The molecule has 0 radical (unpaired) electrons. The van der Waals surface area contributed by atoms with E-state index >= 15 is 0 Å². The largest absolute Gasteiger partial charge is 0.493 e. The molecule has 0 aliphatic heterocycles. The first-order valence-electron chi connectivity index (χ1n) is 12.8. The van der Waals surface area contributed by atoms with Crippen molar-refractivity contribution in [1.29, 1.82) is 0 Å². The van der Waals surface area contributed by atoms with Gasteiger partial charge in [-0.3, -0.25) is 0 Å². The Labute approximate surface area is 203 Å². The van der Waals surface area contributed by atoms with Crippen molar-refractivity contribution < 1.29 is 19.7 Å². The maximum Gasteiger partial charge on any atom is 0.335 e. The third-order valence-corrected chi connectivity index (χ3v) is 8.10. The SMILES string of the molecule is CCCCCCCOc1cc2c(cc1/C=C/c1ccc(C(=O)O)cc1)C1(C)CCCC2(C)[C@@H]1O. The Morgan fingerprint density at radius 1 is 1.00 bits per heavy atom. The zero-order valence-corrected chi connectivity index (χ0v) is 20.8. The van der Waals surface area contributed by atoms with Gasteiger partial charge < -0.3 is 14.9 Å². The zero-order valence-electron chi connectivity index (χ0n) is 20.8. The topological polar surface area (TPSA) is 66.8 Å². The Morgan fingerprint density at radius 2 is 1.65 bits per heavy atom. The van der Waals surface area contributed by atoms with Gasteiger partial charge in [-0.2, -0.15) is 0 Å². The van der Waals surface area contributed by atoms with Crippen LogP contribution in [0.15, 0.2) is 36.4 Å². The van der Waals surface area contributed by atoms with Gasteiger partial charge in [0.1, 0.15) is 5.75 Å². The summed E-state index contributed by atoms with van der Waals surface area (Å²) in [6.45, 7) is 7.32. The van der Waals surface area contributed by atoms with Crippen molar-refractivity contribution in [3.05, 3.63) is 64.2 Å². The molecule has 1 fully saturated rings. The number of rotatable bonds is 10. The Hall–Kier alpha value is -2.59. The van der Waals surface area contributed by atoms with Gasteiger partial charge >= 0.3 is 5.97 Å². The van der Waals surface area contributed by atoms with Gasteiger partial charge in [-0.05, 0) is 60.2 Å². The van der Waals surface area contributed by atoms with E-state index in [-0.39, 0.29) is 22.5 Å². The molecule has 4 nitrogen and oxygen atoms in total. The van der Waals surface area contributed by atoms with E-state index in [1.54, 1.807) is 12.1 Å². The first kappa shape index (κ1) is 24.5. The summed E-state index contributed by atoms with van der Waals surface area (Å²) in [5, 5.41) is 20.4. The molecule has 2 bridgehead atoms. The van der Waals surface area contributed by atoms with Gasteiger partial charge in [0.05, 0.1) is 18.3 Å². The number of hydrogen-bond donors (Lipinski definition) is 2. The molecule has 0 amide bonds. The number of ether oxygens (including phenoxy) is 1. The van der Waals surface area contributed by atoms with Crippen LogP contribution in [0.3, 0.4) is 0 Å². The molecule has 0 saturated heterocycles. The molecule has 3 atom stereocenters. The van der Waals surface area contributed by atoms with Gasteiger partial charge in [0.15, 0.2) is 0 Å². The quantitative estimate of drug-likeness (QED) is 0.295. The molecule has 2 aliphatic rings. The lowest BCUT2D eigenvalue weighted by Gasteiger charge is -2.41. The smallest absolute Gasteiger partial charge is 0.335 e. The average molecular weight is 463 g/mol. The summed E-state index contributed by atoms with van der Waals surface area (Å²) in [7, 11) is 0. The number of carboxylic acid groups (broad SMARTS) is 1. The highest BCUT2D eigenvalue weighted by Gasteiger charge is 2.57. The molecule has 34 heavy (non-hydrogen) atoms. The van der Waals surface area contributed by atoms with Gasteiger partial charge in [0, 0.05) is 16.4 Å². The number of aliphatic hydroxyl groups excluding tert-OH is 1. The summed E-state index contributed by atoms with van der Waals surface area (Å²) in [5.41, 5.74) is 4.26. The van der Waals surface area contributed by atoms with Gasteiger partial charge in [0.2, 0.25) is 0 Å². The molecule has 1 saturated carbocycles. The van der Waals surface area contributed by atoms with E-state index in [4.69, 9.17) is 9.84 Å². The monoisotopic (exact) mass is 462 g/mol. The van der Waals surface area contributed by atoms with Crippen molar-refractivity contribution in [2.45, 2.75) is 89.1 Å². The highest BCUT2D eigenvalue weighted by atomic mass is 16.5. The highest BCUT2D eigenvalue weighted by molar-refractivity contribution is 5.88. The predicted octanol–water partition coefficient (Wildman–Crippen LogP) is 6.98. The minimum Gasteiger partial charge on any atom is -0.493 e. The van der Waals surface area contributed by atoms with Crippen LogP contribution < -0.4 is 4.74 Å². The Kier molecular flexibility index (Phi) is 7.18. The molecule has 4 heteroatoms. The van der Waals surface area contributed by atoms with Crippen LogP contribution in [0.25, 0.3) is 12.2 Å². The summed E-state index contributed by atoms with van der Waals surface area (Å²) < 4.78 is 6.33. The van der Waals surface area contributed by atoms with Crippen LogP contribution in [-0.2, 0) is 10.8 Å². The van der Waals surface area contributed by atoms with Crippen LogP contribution in [0.2, 0.25) is 0 Å². The molecule has 2 aromatic rings. The molecule has 2 aromatic carbocycles. The fourth-order valence-corrected chi connectivity index (χ4v) is 5.97. The second-order valence-corrected chi connectivity index (χ2v) is 10.5. The van der Waals surface area contributed by atoms with Gasteiger partial charge in [0.25, 0.3) is 0 Å². The lowest BCUT2D eigenvalue weighted by Crippen LogP contribution is -2.46. The molecule has 2 N–H and O–H groups in total. The standard InChI is InChI=1S/C30H38O4/c1-4-5-6-7-8-18-34-26-20-25-24(29(2)16-9-17-30(25,3)28(29)33)19-23(26)15-12-21-10-13-22(14-11-21)27(31)32/h10-15,19-20,28,33H,4-9,16-18H2,1-3H3,(H,31,32)/b15-12+/t28-,29?,30?/m1/s1. The minimum absolute atomic E-state index is 0.226. The number of aromatic carboxylic acids is 1. The second-order valence-electron chi connectivity index (χ2n) is 10.5. The number of carbonyl (C=O) groups is 1. The first-order chi connectivity index (χ1) is 16.3. The fraction of sp³-hybridized carbons (Fsp3) is 0.500. The van der Waals surface area contributed by atoms with Crippen LogP contribution in [0.1, 0.15) is 105 Å². The van der Waals surface area contributed by atoms with E-state index in [0.29, 0.717) is 6.61 Å². The summed E-state index contributed by atoms with van der Waals surface area (Å²) in [6.07, 6.45) is 12.7. The Morgan fingerprint density at radius 3 is 2.29 bits per heavy atom. The Balaban J connectivity index is 1.64. The number of fused-ring (bicyclic) bond motifs is 5. The highest BCUT2D eigenvalue weighted by Crippen LogP contribution is 2.58. The normalized spacial score (nSPS) is 25.5. The van der Waals surface area contributed by atoms with Crippen LogP contribution >= 0.6 is 0 Å². The van der Waals surface area contributed by atoms with Crippen LogP contribution in [0.5, 0.6) is 5.75 Å². The maximum atomic E-state index is 11.3.